The summed E-state index contributed by atoms with van der Waals surface area (Å²) in [4.78, 5) is 4.12. The Balaban J connectivity index is 2.27. The van der Waals surface area contributed by atoms with Gasteiger partial charge in [-0.3, -0.25) is 4.99 Å². The highest BCUT2D eigenvalue weighted by atomic mass is 32.2. The second-order valence-electron chi connectivity index (χ2n) is 4.64. The lowest BCUT2D eigenvalue weighted by atomic mass is 10.1. The lowest BCUT2D eigenvalue weighted by Crippen LogP contribution is -2.42. The summed E-state index contributed by atoms with van der Waals surface area (Å²) < 4.78 is 25.1. The minimum absolute atomic E-state index is 0.0954. The van der Waals surface area contributed by atoms with E-state index < -0.39 is 10.0 Å². The fourth-order valence-corrected chi connectivity index (χ4v) is 3.03. The molecule has 0 amide bonds. The van der Waals surface area contributed by atoms with E-state index >= 15 is 0 Å². The number of nitrogens with zero attached hydrogens (tertiary/aromatic N) is 1. The molecule has 0 aliphatic heterocycles. The molecule has 1 heterocycles. The molecule has 0 aliphatic rings. The molecular formula is C13H24N4O2S2. The molecule has 8 heteroatoms. The van der Waals surface area contributed by atoms with Crippen LogP contribution in [-0.2, 0) is 10.0 Å². The van der Waals surface area contributed by atoms with Crippen LogP contribution in [0.3, 0.4) is 0 Å². The van der Waals surface area contributed by atoms with Crippen molar-refractivity contribution in [2.24, 2.45) is 4.99 Å². The van der Waals surface area contributed by atoms with E-state index in [4.69, 9.17) is 0 Å². The summed E-state index contributed by atoms with van der Waals surface area (Å²) in [5.74, 6) is 1.17. The topological polar surface area (TPSA) is 82.6 Å². The summed E-state index contributed by atoms with van der Waals surface area (Å²) in [5.41, 5.74) is 1.30. The van der Waals surface area contributed by atoms with Crippen LogP contribution in [0.25, 0.3) is 0 Å². The number of rotatable bonds is 8. The molecule has 1 atom stereocenters. The quantitative estimate of drug-likeness (QED) is 0.376. The molecule has 1 rings (SSSR count). The third kappa shape index (κ3) is 6.92. The summed E-state index contributed by atoms with van der Waals surface area (Å²) in [6.07, 6.45) is 0. The summed E-state index contributed by atoms with van der Waals surface area (Å²) in [6, 6.07) is 2.12. The van der Waals surface area contributed by atoms with E-state index in [9.17, 15) is 8.42 Å². The molecule has 1 unspecified atom stereocenters. The number of guanidine groups is 1. The van der Waals surface area contributed by atoms with Crippen molar-refractivity contribution >= 4 is 27.3 Å². The molecule has 21 heavy (non-hydrogen) atoms. The van der Waals surface area contributed by atoms with Crippen LogP contribution >= 0.6 is 11.3 Å². The van der Waals surface area contributed by atoms with Crippen molar-refractivity contribution in [2.45, 2.75) is 19.8 Å². The van der Waals surface area contributed by atoms with Crippen molar-refractivity contribution in [3.8, 4) is 0 Å². The van der Waals surface area contributed by atoms with Crippen LogP contribution in [-0.4, -0.2) is 46.8 Å². The van der Waals surface area contributed by atoms with Crippen molar-refractivity contribution in [3.05, 3.63) is 22.4 Å². The second kappa shape index (κ2) is 9.01. The van der Waals surface area contributed by atoms with Crippen LogP contribution in [0.15, 0.2) is 21.8 Å². The van der Waals surface area contributed by atoms with Gasteiger partial charge in [-0.15, -0.1) is 0 Å². The van der Waals surface area contributed by atoms with E-state index in [2.05, 4.69) is 44.1 Å². The highest BCUT2D eigenvalue weighted by Gasteiger charge is 2.07. The Morgan fingerprint density at radius 2 is 2.14 bits per heavy atom. The Kier molecular flexibility index (Phi) is 7.69. The van der Waals surface area contributed by atoms with E-state index in [0.29, 0.717) is 25.0 Å². The smallest absolute Gasteiger partial charge is 0.211 e. The third-order valence-corrected chi connectivity index (χ3v) is 5.14. The molecule has 1 aromatic rings. The van der Waals surface area contributed by atoms with E-state index in [1.807, 2.05) is 0 Å². The zero-order chi connectivity index (χ0) is 15.7. The highest BCUT2D eigenvalue weighted by molar-refractivity contribution is 7.89. The van der Waals surface area contributed by atoms with Gasteiger partial charge in [0.25, 0.3) is 0 Å². The van der Waals surface area contributed by atoms with Gasteiger partial charge < -0.3 is 10.6 Å². The standard InChI is InChI=1S/C13H24N4O2S2/c1-4-21(18,19)17-7-6-15-13(14-3)16-9-11(2)12-5-8-20-10-12/h5,8,10-11,17H,4,6-7,9H2,1-3H3,(H2,14,15,16). The Bertz CT molecular complexity index is 526. The molecule has 0 aliphatic carbocycles. The lowest BCUT2D eigenvalue weighted by molar-refractivity contribution is 0.581. The summed E-state index contributed by atoms with van der Waals surface area (Å²) in [6.45, 7) is 5.37. The SMILES string of the molecule is CCS(=O)(=O)NCCNC(=NC)NCC(C)c1ccsc1. The fourth-order valence-electron chi connectivity index (χ4n) is 1.63. The van der Waals surface area contributed by atoms with Gasteiger partial charge in [-0.1, -0.05) is 6.92 Å². The van der Waals surface area contributed by atoms with Crippen LogP contribution in [0.1, 0.15) is 25.3 Å². The average molecular weight is 332 g/mol. The van der Waals surface area contributed by atoms with E-state index in [-0.39, 0.29) is 5.75 Å². The Hall–Kier alpha value is -1.12. The number of hydrogen-bond donors (Lipinski definition) is 3. The monoisotopic (exact) mass is 332 g/mol. The maximum atomic E-state index is 11.3. The van der Waals surface area contributed by atoms with Gasteiger partial charge in [0, 0.05) is 26.7 Å². The molecule has 0 fully saturated rings. The van der Waals surface area contributed by atoms with Gasteiger partial charge in [0.05, 0.1) is 5.75 Å². The summed E-state index contributed by atoms with van der Waals surface area (Å²) in [7, 11) is -1.43. The Morgan fingerprint density at radius 1 is 1.38 bits per heavy atom. The number of aliphatic imine (C=N–C) groups is 1. The van der Waals surface area contributed by atoms with E-state index in [1.54, 1.807) is 25.3 Å². The molecule has 0 saturated heterocycles. The third-order valence-electron chi connectivity index (χ3n) is 3.03. The van der Waals surface area contributed by atoms with Gasteiger partial charge in [-0.2, -0.15) is 11.3 Å². The minimum atomic E-state index is -3.13. The fraction of sp³-hybridized carbons (Fsp3) is 0.615. The lowest BCUT2D eigenvalue weighted by Gasteiger charge is -2.15. The predicted molar refractivity (Wildman–Crippen MR) is 89.6 cm³/mol. The van der Waals surface area contributed by atoms with Gasteiger partial charge in [-0.05, 0) is 35.2 Å². The Labute approximate surface area is 131 Å². The zero-order valence-electron chi connectivity index (χ0n) is 12.7. The molecule has 120 valence electrons. The molecular weight excluding hydrogens is 308 g/mol. The maximum absolute atomic E-state index is 11.3. The average Bonchev–Trinajstić information content (AvgIpc) is 3.00. The van der Waals surface area contributed by atoms with Crippen LogP contribution in [0, 0.1) is 0 Å². The van der Waals surface area contributed by atoms with Crippen LogP contribution in [0.5, 0.6) is 0 Å². The first kappa shape index (κ1) is 17.9. The van der Waals surface area contributed by atoms with Gasteiger partial charge in [-0.25, -0.2) is 13.1 Å². The van der Waals surface area contributed by atoms with Gasteiger partial charge in [0.15, 0.2) is 5.96 Å². The molecule has 1 aromatic heterocycles. The van der Waals surface area contributed by atoms with Crippen molar-refractivity contribution in [2.75, 3.05) is 32.4 Å². The number of hydrogen-bond acceptors (Lipinski definition) is 4. The van der Waals surface area contributed by atoms with Crippen molar-refractivity contribution in [1.82, 2.24) is 15.4 Å². The summed E-state index contributed by atoms with van der Waals surface area (Å²) in [5, 5.41) is 10.5. The largest absolute Gasteiger partial charge is 0.356 e. The normalized spacial score (nSPS) is 14.0. The maximum Gasteiger partial charge on any atom is 0.211 e. The first-order chi connectivity index (χ1) is 9.98. The number of sulfonamides is 1. The van der Waals surface area contributed by atoms with Gasteiger partial charge in [0.2, 0.25) is 10.0 Å². The van der Waals surface area contributed by atoms with Crippen molar-refractivity contribution in [3.63, 3.8) is 0 Å². The molecule has 0 bridgehead atoms. The zero-order valence-corrected chi connectivity index (χ0v) is 14.4. The second-order valence-corrected chi connectivity index (χ2v) is 7.51. The van der Waals surface area contributed by atoms with Crippen molar-refractivity contribution in [1.29, 1.82) is 0 Å². The van der Waals surface area contributed by atoms with Crippen LogP contribution in [0.2, 0.25) is 0 Å². The van der Waals surface area contributed by atoms with Gasteiger partial charge in [0.1, 0.15) is 0 Å². The van der Waals surface area contributed by atoms with E-state index in [1.165, 1.54) is 5.56 Å². The molecule has 0 aromatic carbocycles. The first-order valence-corrected chi connectivity index (χ1v) is 9.52. The predicted octanol–water partition coefficient (Wildman–Crippen LogP) is 0.956. The number of nitrogens with one attached hydrogen (secondary N) is 3. The number of thiophene rings is 1. The Morgan fingerprint density at radius 3 is 2.71 bits per heavy atom. The molecule has 0 saturated carbocycles. The minimum Gasteiger partial charge on any atom is -0.356 e. The van der Waals surface area contributed by atoms with Crippen LogP contribution < -0.4 is 15.4 Å². The molecule has 0 radical (unpaired) electrons. The van der Waals surface area contributed by atoms with E-state index in [0.717, 1.165) is 6.54 Å². The first-order valence-electron chi connectivity index (χ1n) is 6.92. The van der Waals surface area contributed by atoms with Gasteiger partial charge >= 0.3 is 0 Å². The molecule has 0 spiro atoms. The molecule has 6 nitrogen and oxygen atoms in total. The highest BCUT2D eigenvalue weighted by Crippen LogP contribution is 2.16. The molecule has 3 N–H and O–H groups in total. The van der Waals surface area contributed by atoms with Crippen LogP contribution in [0.4, 0.5) is 0 Å². The van der Waals surface area contributed by atoms with Crippen molar-refractivity contribution < 1.29 is 8.42 Å². The summed E-state index contributed by atoms with van der Waals surface area (Å²) >= 11 is 1.69.